The predicted molar refractivity (Wildman–Crippen MR) is 76.4 cm³/mol. The Kier molecular flexibility index (Phi) is 6.79. The van der Waals surface area contributed by atoms with E-state index in [1.807, 2.05) is 6.92 Å². The molecule has 106 valence electrons. The van der Waals surface area contributed by atoms with Crippen molar-refractivity contribution in [3.05, 3.63) is 23.8 Å². The van der Waals surface area contributed by atoms with Crippen LogP contribution in [0.1, 0.15) is 49.9 Å². The minimum Gasteiger partial charge on any atom is -0.491 e. The monoisotopic (exact) mass is 265 g/mol. The molecule has 0 aliphatic carbocycles. The number of ether oxygens (including phenoxy) is 2. The summed E-state index contributed by atoms with van der Waals surface area (Å²) in [4.78, 5) is 11.7. The molecule has 19 heavy (non-hydrogen) atoms. The van der Waals surface area contributed by atoms with Gasteiger partial charge in [0.15, 0.2) is 0 Å². The zero-order valence-electron chi connectivity index (χ0n) is 11.8. The third-order valence-electron chi connectivity index (χ3n) is 2.69. The second-order valence-electron chi connectivity index (χ2n) is 4.44. The molecular formula is C15H23NO3. The molecule has 4 heteroatoms. The molecule has 0 saturated carbocycles. The molecule has 1 rings (SSSR count). The highest BCUT2D eigenvalue weighted by molar-refractivity contribution is 5.90. The number of carbonyl (C=O) groups is 1. The van der Waals surface area contributed by atoms with Crippen LogP contribution in [0.3, 0.4) is 0 Å². The third kappa shape index (κ3) is 5.20. The van der Waals surface area contributed by atoms with Crippen LogP contribution in [0.2, 0.25) is 0 Å². The van der Waals surface area contributed by atoms with Gasteiger partial charge in [-0.15, -0.1) is 0 Å². The van der Waals surface area contributed by atoms with Crippen molar-refractivity contribution in [1.29, 1.82) is 0 Å². The molecule has 0 radical (unpaired) electrons. The predicted octanol–water partition coefficient (Wildman–Crippen LogP) is 3.40. The molecule has 0 aromatic heterocycles. The van der Waals surface area contributed by atoms with Gasteiger partial charge in [0.05, 0.1) is 24.5 Å². The van der Waals surface area contributed by atoms with Gasteiger partial charge in [0, 0.05) is 0 Å². The van der Waals surface area contributed by atoms with Gasteiger partial charge in [-0.1, -0.05) is 26.7 Å². The molecule has 0 aliphatic rings. The molecule has 1 aromatic rings. The van der Waals surface area contributed by atoms with Crippen LogP contribution in [0.5, 0.6) is 5.75 Å². The lowest BCUT2D eigenvalue weighted by molar-refractivity contribution is 0.0504. The number of hydrogen-bond donors (Lipinski definition) is 1. The van der Waals surface area contributed by atoms with E-state index in [0.717, 1.165) is 25.7 Å². The van der Waals surface area contributed by atoms with Gasteiger partial charge in [-0.3, -0.25) is 0 Å². The molecule has 0 atom stereocenters. The van der Waals surface area contributed by atoms with Crippen LogP contribution in [-0.2, 0) is 4.74 Å². The molecule has 0 bridgehead atoms. The maximum Gasteiger partial charge on any atom is 0.338 e. The van der Waals surface area contributed by atoms with Crippen LogP contribution >= 0.6 is 0 Å². The zero-order valence-corrected chi connectivity index (χ0v) is 11.8. The van der Waals surface area contributed by atoms with Gasteiger partial charge < -0.3 is 15.2 Å². The molecule has 0 heterocycles. The van der Waals surface area contributed by atoms with E-state index in [1.54, 1.807) is 18.2 Å². The average Bonchev–Trinajstić information content (AvgIpc) is 2.42. The Labute approximate surface area is 114 Å². The largest absolute Gasteiger partial charge is 0.491 e. The first-order chi connectivity index (χ1) is 9.19. The topological polar surface area (TPSA) is 61.5 Å². The van der Waals surface area contributed by atoms with Crippen molar-refractivity contribution in [3.63, 3.8) is 0 Å². The van der Waals surface area contributed by atoms with Crippen molar-refractivity contribution in [2.45, 2.75) is 39.5 Å². The van der Waals surface area contributed by atoms with E-state index < -0.39 is 0 Å². The summed E-state index contributed by atoms with van der Waals surface area (Å²) in [5.41, 5.74) is 6.85. The Balaban J connectivity index is 2.62. The fourth-order valence-corrected chi connectivity index (χ4v) is 1.60. The van der Waals surface area contributed by atoms with Gasteiger partial charge in [-0.2, -0.15) is 0 Å². The lowest BCUT2D eigenvalue weighted by atomic mass is 10.2. The van der Waals surface area contributed by atoms with Crippen molar-refractivity contribution in [2.24, 2.45) is 0 Å². The van der Waals surface area contributed by atoms with Gasteiger partial charge in [-0.05, 0) is 31.0 Å². The van der Waals surface area contributed by atoms with E-state index in [1.165, 1.54) is 0 Å². The maximum absolute atomic E-state index is 11.7. The maximum atomic E-state index is 11.7. The van der Waals surface area contributed by atoms with Crippen LogP contribution in [0.15, 0.2) is 18.2 Å². The Morgan fingerprint density at radius 2 is 1.95 bits per heavy atom. The normalized spacial score (nSPS) is 10.2. The Hall–Kier alpha value is -1.71. The first-order valence-electron chi connectivity index (χ1n) is 6.88. The Bertz CT molecular complexity index is 404. The first-order valence-corrected chi connectivity index (χ1v) is 6.88. The van der Waals surface area contributed by atoms with E-state index >= 15 is 0 Å². The van der Waals surface area contributed by atoms with Gasteiger partial charge in [-0.25, -0.2) is 4.79 Å². The fraction of sp³-hybridized carbons (Fsp3) is 0.533. The van der Waals surface area contributed by atoms with Crippen molar-refractivity contribution >= 4 is 11.7 Å². The zero-order chi connectivity index (χ0) is 14.1. The highest BCUT2D eigenvalue weighted by atomic mass is 16.5. The number of benzene rings is 1. The molecule has 0 amide bonds. The minimum absolute atomic E-state index is 0.333. The summed E-state index contributed by atoms with van der Waals surface area (Å²) in [7, 11) is 0. The minimum atomic E-state index is -0.333. The summed E-state index contributed by atoms with van der Waals surface area (Å²) in [6.07, 6.45) is 4.06. The van der Waals surface area contributed by atoms with Crippen molar-refractivity contribution in [2.75, 3.05) is 18.9 Å². The van der Waals surface area contributed by atoms with Gasteiger partial charge >= 0.3 is 5.97 Å². The van der Waals surface area contributed by atoms with Crippen molar-refractivity contribution in [1.82, 2.24) is 0 Å². The molecular weight excluding hydrogens is 242 g/mol. The summed E-state index contributed by atoms with van der Waals surface area (Å²) in [6.45, 7) is 5.14. The van der Waals surface area contributed by atoms with Crippen molar-refractivity contribution in [3.8, 4) is 5.75 Å². The number of nitrogen functional groups attached to an aromatic ring is 1. The molecule has 1 aromatic carbocycles. The summed E-state index contributed by atoms with van der Waals surface area (Å²) in [5.74, 6) is 0.224. The van der Waals surface area contributed by atoms with Gasteiger partial charge in [0.2, 0.25) is 0 Å². The summed E-state index contributed by atoms with van der Waals surface area (Å²) in [5, 5.41) is 0. The van der Waals surface area contributed by atoms with Crippen molar-refractivity contribution < 1.29 is 14.3 Å². The molecule has 0 fully saturated rings. The summed E-state index contributed by atoms with van der Waals surface area (Å²) >= 11 is 0. The van der Waals surface area contributed by atoms with E-state index in [4.69, 9.17) is 15.2 Å². The van der Waals surface area contributed by atoms with Crippen LogP contribution in [0, 0.1) is 0 Å². The number of carbonyl (C=O) groups excluding carboxylic acids is 1. The lowest BCUT2D eigenvalue weighted by Gasteiger charge is -2.10. The Morgan fingerprint density at radius 1 is 1.16 bits per heavy atom. The van der Waals surface area contributed by atoms with E-state index in [9.17, 15) is 4.79 Å². The number of nitrogens with two attached hydrogens (primary N) is 1. The number of unbranched alkanes of at least 4 members (excludes halogenated alkanes) is 2. The van der Waals surface area contributed by atoms with Crippen LogP contribution in [0.25, 0.3) is 0 Å². The number of rotatable bonds is 8. The second kappa shape index (κ2) is 8.40. The van der Waals surface area contributed by atoms with Gasteiger partial charge in [0.1, 0.15) is 5.75 Å². The molecule has 0 spiro atoms. The third-order valence-corrected chi connectivity index (χ3v) is 2.69. The lowest BCUT2D eigenvalue weighted by Crippen LogP contribution is -2.07. The standard InChI is InChI=1S/C15H23NO3/c1-3-5-6-10-18-14-11-12(7-8-13(14)16)15(17)19-9-4-2/h7-8,11H,3-6,9-10,16H2,1-2H3. The highest BCUT2D eigenvalue weighted by Gasteiger charge is 2.10. The average molecular weight is 265 g/mol. The van der Waals surface area contributed by atoms with E-state index in [2.05, 4.69) is 6.92 Å². The molecule has 4 nitrogen and oxygen atoms in total. The number of anilines is 1. The van der Waals surface area contributed by atoms with E-state index in [0.29, 0.717) is 30.2 Å². The summed E-state index contributed by atoms with van der Waals surface area (Å²) < 4.78 is 10.7. The quantitative estimate of drug-likeness (QED) is 0.444. The molecule has 2 N–H and O–H groups in total. The highest BCUT2D eigenvalue weighted by Crippen LogP contribution is 2.23. The van der Waals surface area contributed by atoms with Gasteiger partial charge in [0.25, 0.3) is 0 Å². The smallest absolute Gasteiger partial charge is 0.338 e. The molecule has 0 unspecified atom stereocenters. The van der Waals surface area contributed by atoms with Crippen LogP contribution < -0.4 is 10.5 Å². The second-order valence-corrected chi connectivity index (χ2v) is 4.44. The fourth-order valence-electron chi connectivity index (χ4n) is 1.60. The number of hydrogen-bond acceptors (Lipinski definition) is 4. The Morgan fingerprint density at radius 3 is 2.63 bits per heavy atom. The molecule has 0 saturated heterocycles. The molecule has 0 aliphatic heterocycles. The SMILES string of the molecule is CCCCCOc1cc(C(=O)OCCC)ccc1N. The number of esters is 1. The first kappa shape index (κ1) is 15.3. The van der Waals surface area contributed by atoms with Crippen LogP contribution in [-0.4, -0.2) is 19.2 Å². The van der Waals surface area contributed by atoms with Crippen LogP contribution in [0.4, 0.5) is 5.69 Å². The van der Waals surface area contributed by atoms with E-state index in [-0.39, 0.29) is 5.97 Å². The summed E-state index contributed by atoms with van der Waals surface area (Å²) in [6, 6.07) is 4.99.